The van der Waals surface area contributed by atoms with Gasteiger partial charge in [-0.05, 0) is 30.9 Å². The minimum absolute atomic E-state index is 0.0556. The van der Waals surface area contributed by atoms with Gasteiger partial charge in [-0.1, -0.05) is 32.0 Å². The zero-order chi connectivity index (χ0) is 16.2. The molecule has 21 heavy (non-hydrogen) atoms. The Hall–Kier alpha value is -1.56. The lowest BCUT2D eigenvalue weighted by atomic mass is 9.98. The van der Waals surface area contributed by atoms with E-state index in [1.54, 1.807) is 6.92 Å². The number of alkyl halides is 3. The van der Waals surface area contributed by atoms with Crippen molar-refractivity contribution < 1.29 is 23.1 Å². The van der Waals surface area contributed by atoms with Crippen LogP contribution in [0.4, 0.5) is 13.2 Å². The van der Waals surface area contributed by atoms with Crippen molar-refractivity contribution in [3.05, 3.63) is 35.4 Å². The summed E-state index contributed by atoms with van der Waals surface area (Å²) in [4.78, 5) is 11.2. The highest BCUT2D eigenvalue weighted by molar-refractivity contribution is 5.73. The third-order valence-electron chi connectivity index (χ3n) is 3.19. The van der Waals surface area contributed by atoms with Gasteiger partial charge in [-0.15, -0.1) is 0 Å². The van der Waals surface area contributed by atoms with Gasteiger partial charge in [-0.2, -0.15) is 13.2 Å². The molecule has 1 rings (SSSR count). The zero-order valence-electron chi connectivity index (χ0n) is 12.2. The maximum absolute atomic E-state index is 13.0. The number of benzene rings is 1. The van der Waals surface area contributed by atoms with Gasteiger partial charge in [0.15, 0.2) is 0 Å². The molecule has 0 aliphatic rings. The van der Waals surface area contributed by atoms with Crippen LogP contribution in [-0.2, 0) is 11.0 Å². The Bertz CT molecular complexity index is 486. The Labute approximate surface area is 122 Å². The molecule has 0 aliphatic heterocycles. The number of hydrogen-bond donors (Lipinski definition) is 2. The number of hydrogen-bond acceptors (Lipinski definition) is 2. The summed E-state index contributed by atoms with van der Waals surface area (Å²) in [5.41, 5.74) is -0.682. The molecule has 0 fully saturated rings. The van der Waals surface area contributed by atoms with Crippen molar-refractivity contribution in [1.29, 1.82) is 0 Å². The van der Waals surface area contributed by atoms with Crippen LogP contribution in [0.3, 0.4) is 0 Å². The quantitative estimate of drug-likeness (QED) is 0.839. The fourth-order valence-corrected chi connectivity index (χ4v) is 2.24. The molecule has 0 aromatic heterocycles. The van der Waals surface area contributed by atoms with Gasteiger partial charge in [0, 0.05) is 6.04 Å². The summed E-state index contributed by atoms with van der Waals surface area (Å²) in [5.74, 6) is -0.927. The van der Waals surface area contributed by atoms with Gasteiger partial charge in [0.05, 0.1) is 5.56 Å². The predicted molar refractivity (Wildman–Crippen MR) is 73.9 cm³/mol. The SMILES string of the molecule is CC(C)CC(NC(C)c1ccccc1C(F)(F)F)C(=O)O. The number of aliphatic carboxylic acids is 1. The van der Waals surface area contributed by atoms with E-state index in [4.69, 9.17) is 5.11 Å². The molecule has 0 saturated carbocycles. The molecule has 0 heterocycles. The summed E-state index contributed by atoms with van der Waals surface area (Å²) in [7, 11) is 0. The largest absolute Gasteiger partial charge is 0.480 e. The van der Waals surface area contributed by atoms with Crippen LogP contribution in [-0.4, -0.2) is 17.1 Å². The number of carbonyl (C=O) groups is 1. The standard InChI is InChI=1S/C15H20F3NO2/c1-9(2)8-13(14(20)21)19-10(3)11-6-4-5-7-12(11)15(16,17)18/h4-7,9-10,13,19H,8H2,1-3H3,(H,20,21). The van der Waals surface area contributed by atoms with Crippen molar-refractivity contribution in [2.75, 3.05) is 0 Å². The number of rotatable bonds is 6. The Morgan fingerprint density at radius 1 is 1.24 bits per heavy atom. The molecular weight excluding hydrogens is 283 g/mol. The van der Waals surface area contributed by atoms with Gasteiger partial charge in [0.2, 0.25) is 0 Å². The molecule has 0 spiro atoms. The molecule has 0 saturated heterocycles. The van der Waals surface area contributed by atoms with E-state index in [0.29, 0.717) is 6.42 Å². The highest BCUT2D eigenvalue weighted by atomic mass is 19.4. The average Bonchev–Trinajstić information content (AvgIpc) is 2.36. The van der Waals surface area contributed by atoms with Crippen LogP contribution < -0.4 is 5.32 Å². The first-order chi connectivity index (χ1) is 9.62. The van der Waals surface area contributed by atoms with Crippen molar-refractivity contribution in [3.63, 3.8) is 0 Å². The highest BCUT2D eigenvalue weighted by Gasteiger charge is 2.34. The second kappa shape index (κ2) is 6.93. The molecule has 0 amide bonds. The lowest BCUT2D eigenvalue weighted by molar-refractivity contribution is -0.140. The van der Waals surface area contributed by atoms with E-state index in [1.807, 2.05) is 13.8 Å². The molecule has 0 radical (unpaired) electrons. The summed E-state index contributed by atoms with van der Waals surface area (Å²) < 4.78 is 38.9. The van der Waals surface area contributed by atoms with Crippen molar-refractivity contribution in [1.82, 2.24) is 5.32 Å². The van der Waals surface area contributed by atoms with Crippen LogP contribution in [0.2, 0.25) is 0 Å². The van der Waals surface area contributed by atoms with E-state index in [-0.39, 0.29) is 11.5 Å². The van der Waals surface area contributed by atoms with Crippen molar-refractivity contribution in [3.8, 4) is 0 Å². The first kappa shape index (κ1) is 17.5. The normalized spacial score (nSPS) is 15.0. The predicted octanol–water partition coefficient (Wildman–Crippen LogP) is 3.86. The van der Waals surface area contributed by atoms with Crippen LogP contribution in [0.25, 0.3) is 0 Å². The van der Waals surface area contributed by atoms with E-state index in [2.05, 4.69) is 5.32 Å². The Kier molecular flexibility index (Phi) is 5.78. The van der Waals surface area contributed by atoms with Crippen LogP contribution in [0.1, 0.15) is 44.4 Å². The molecule has 6 heteroatoms. The number of carboxylic acids is 1. The van der Waals surface area contributed by atoms with E-state index >= 15 is 0 Å². The molecule has 0 aliphatic carbocycles. The Morgan fingerprint density at radius 2 is 1.81 bits per heavy atom. The molecule has 2 atom stereocenters. The highest BCUT2D eigenvalue weighted by Crippen LogP contribution is 2.34. The minimum atomic E-state index is -4.46. The third-order valence-corrected chi connectivity index (χ3v) is 3.19. The second-order valence-corrected chi connectivity index (χ2v) is 5.49. The van der Waals surface area contributed by atoms with Gasteiger partial charge in [-0.25, -0.2) is 0 Å². The lowest BCUT2D eigenvalue weighted by Gasteiger charge is -2.24. The maximum atomic E-state index is 13.0. The molecule has 118 valence electrons. The maximum Gasteiger partial charge on any atom is 0.416 e. The van der Waals surface area contributed by atoms with Crippen LogP contribution in [0.5, 0.6) is 0 Å². The van der Waals surface area contributed by atoms with Crippen LogP contribution >= 0.6 is 0 Å². The lowest BCUT2D eigenvalue weighted by Crippen LogP contribution is -2.39. The minimum Gasteiger partial charge on any atom is -0.480 e. The van der Waals surface area contributed by atoms with E-state index in [1.165, 1.54) is 18.2 Å². The second-order valence-electron chi connectivity index (χ2n) is 5.49. The first-order valence-electron chi connectivity index (χ1n) is 6.78. The monoisotopic (exact) mass is 303 g/mol. The third kappa shape index (κ3) is 5.04. The Morgan fingerprint density at radius 3 is 2.29 bits per heavy atom. The summed E-state index contributed by atoms with van der Waals surface area (Å²) in [6.07, 6.45) is -4.10. The molecule has 1 aromatic carbocycles. The van der Waals surface area contributed by atoms with Crippen molar-refractivity contribution >= 4 is 5.97 Å². The molecular formula is C15H20F3NO2. The first-order valence-corrected chi connectivity index (χ1v) is 6.78. The Balaban J connectivity index is 2.98. The summed E-state index contributed by atoms with van der Waals surface area (Å²) in [6.45, 7) is 5.28. The number of halogens is 3. The summed E-state index contributed by atoms with van der Waals surface area (Å²) in [5, 5.41) is 11.9. The number of nitrogens with one attached hydrogen (secondary N) is 1. The van der Waals surface area contributed by atoms with Crippen LogP contribution in [0, 0.1) is 5.92 Å². The fraction of sp³-hybridized carbons (Fsp3) is 0.533. The summed E-state index contributed by atoms with van der Waals surface area (Å²) in [6, 6.07) is 3.63. The van der Waals surface area contributed by atoms with Crippen LogP contribution in [0.15, 0.2) is 24.3 Å². The summed E-state index contributed by atoms with van der Waals surface area (Å²) >= 11 is 0. The van der Waals surface area contributed by atoms with Gasteiger partial charge in [0.25, 0.3) is 0 Å². The van der Waals surface area contributed by atoms with Gasteiger partial charge >= 0.3 is 12.1 Å². The van der Waals surface area contributed by atoms with E-state index < -0.39 is 29.8 Å². The van der Waals surface area contributed by atoms with Gasteiger partial charge < -0.3 is 5.11 Å². The van der Waals surface area contributed by atoms with E-state index in [9.17, 15) is 18.0 Å². The van der Waals surface area contributed by atoms with Gasteiger partial charge in [-0.3, -0.25) is 10.1 Å². The van der Waals surface area contributed by atoms with Crippen molar-refractivity contribution in [2.24, 2.45) is 5.92 Å². The molecule has 2 N–H and O–H groups in total. The van der Waals surface area contributed by atoms with Gasteiger partial charge in [0.1, 0.15) is 6.04 Å². The smallest absolute Gasteiger partial charge is 0.416 e. The molecule has 0 bridgehead atoms. The van der Waals surface area contributed by atoms with Crippen molar-refractivity contribution in [2.45, 2.75) is 45.5 Å². The topological polar surface area (TPSA) is 49.3 Å². The molecule has 3 nitrogen and oxygen atoms in total. The number of carboxylic acid groups (broad SMARTS) is 1. The van der Waals surface area contributed by atoms with E-state index in [0.717, 1.165) is 6.07 Å². The molecule has 1 aromatic rings. The molecule has 2 unspecified atom stereocenters. The zero-order valence-corrected chi connectivity index (χ0v) is 12.2. The average molecular weight is 303 g/mol. The fourth-order valence-electron chi connectivity index (χ4n) is 2.24.